The second kappa shape index (κ2) is 12.0. The molecule has 8 nitrogen and oxygen atoms in total. The number of nitrogens with zero attached hydrogens (tertiary/aromatic N) is 3. The zero-order valence-corrected chi connectivity index (χ0v) is 24.5. The molecule has 1 aromatic heterocycles. The molecule has 4 rings (SSSR count). The van der Waals surface area contributed by atoms with Gasteiger partial charge in [0.1, 0.15) is 12.3 Å². The Kier molecular flexibility index (Phi) is 8.66. The van der Waals surface area contributed by atoms with Gasteiger partial charge in [-0.2, -0.15) is 5.10 Å². The number of methoxy groups -OCH3 is 1. The van der Waals surface area contributed by atoms with E-state index in [9.17, 15) is 13.2 Å². The zero-order valence-electron chi connectivity index (χ0n) is 23.0. The van der Waals surface area contributed by atoms with Crippen LogP contribution in [-0.4, -0.2) is 38.8 Å². The molecule has 0 aliphatic carbocycles. The Balaban J connectivity index is 1.60. The smallest absolute Gasteiger partial charge is 0.264 e. The molecule has 10 heteroatoms. The summed E-state index contributed by atoms with van der Waals surface area (Å²) in [6, 6.07) is 20.7. The van der Waals surface area contributed by atoms with Crippen molar-refractivity contribution in [2.75, 3.05) is 18.0 Å². The van der Waals surface area contributed by atoms with Crippen molar-refractivity contribution in [3.8, 4) is 11.4 Å². The van der Waals surface area contributed by atoms with Crippen molar-refractivity contribution in [1.29, 1.82) is 0 Å². The van der Waals surface area contributed by atoms with E-state index in [-0.39, 0.29) is 16.3 Å². The van der Waals surface area contributed by atoms with E-state index in [1.807, 2.05) is 19.9 Å². The van der Waals surface area contributed by atoms with Crippen LogP contribution in [0.1, 0.15) is 28.1 Å². The van der Waals surface area contributed by atoms with Crippen molar-refractivity contribution < 1.29 is 17.9 Å². The van der Waals surface area contributed by atoms with Gasteiger partial charge < -0.3 is 9.30 Å². The van der Waals surface area contributed by atoms with Crippen LogP contribution in [0.25, 0.3) is 5.69 Å². The standard InChI is InChI=1S/C30H31ClN4O4S/c1-20-13-21(2)15-26(14-20)35-22(3)16-24(23(35)4)18-32-33-30(36)19-34(28-17-25(31)11-12-29(28)39-5)40(37,38)27-9-7-6-8-10-27/h6-18H,19H2,1-5H3,(H,33,36)/b32-18-. The highest BCUT2D eigenvalue weighted by atomic mass is 35.5. The van der Waals surface area contributed by atoms with Crippen LogP contribution in [0.15, 0.2) is 82.8 Å². The van der Waals surface area contributed by atoms with Crippen LogP contribution in [-0.2, 0) is 14.8 Å². The lowest BCUT2D eigenvalue weighted by Gasteiger charge is -2.25. The molecule has 1 heterocycles. The molecule has 0 bridgehead atoms. The first-order chi connectivity index (χ1) is 19.0. The van der Waals surface area contributed by atoms with E-state index in [1.54, 1.807) is 36.5 Å². The van der Waals surface area contributed by atoms with E-state index in [0.717, 1.165) is 38.1 Å². The minimum Gasteiger partial charge on any atom is -0.495 e. The Labute approximate surface area is 239 Å². The molecule has 0 spiro atoms. The predicted octanol–water partition coefficient (Wildman–Crippen LogP) is 5.72. The van der Waals surface area contributed by atoms with Gasteiger partial charge in [-0.3, -0.25) is 9.10 Å². The van der Waals surface area contributed by atoms with Crippen molar-refractivity contribution in [3.63, 3.8) is 0 Å². The van der Waals surface area contributed by atoms with Gasteiger partial charge in [0, 0.05) is 27.7 Å². The van der Waals surface area contributed by atoms with Gasteiger partial charge in [-0.05, 0) is 87.4 Å². The van der Waals surface area contributed by atoms with Crippen LogP contribution < -0.4 is 14.5 Å². The van der Waals surface area contributed by atoms with E-state index in [1.165, 1.54) is 25.3 Å². The monoisotopic (exact) mass is 578 g/mol. The van der Waals surface area contributed by atoms with E-state index in [0.29, 0.717) is 5.02 Å². The van der Waals surface area contributed by atoms with Crippen LogP contribution in [0.3, 0.4) is 0 Å². The van der Waals surface area contributed by atoms with Gasteiger partial charge in [-0.25, -0.2) is 13.8 Å². The lowest BCUT2D eigenvalue weighted by molar-refractivity contribution is -0.119. The molecule has 0 saturated carbocycles. The molecule has 0 radical (unpaired) electrons. The summed E-state index contributed by atoms with van der Waals surface area (Å²) >= 11 is 6.19. The Hall–Kier alpha value is -4.08. The fourth-order valence-electron chi connectivity index (χ4n) is 4.61. The molecule has 1 amide bonds. The fourth-order valence-corrected chi connectivity index (χ4v) is 6.22. The molecule has 208 valence electrons. The van der Waals surface area contributed by atoms with E-state index >= 15 is 0 Å². The number of carbonyl (C=O) groups is 1. The quantitative estimate of drug-likeness (QED) is 0.203. The normalized spacial score (nSPS) is 11.6. The van der Waals surface area contributed by atoms with Gasteiger partial charge in [0.05, 0.1) is 23.9 Å². The number of aromatic nitrogens is 1. The highest BCUT2D eigenvalue weighted by Gasteiger charge is 2.29. The number of benzene rings is 3. The summed E-state index contributed by atoms with van der Waals surface area (Å²) in [5.74, 6) is -0.389. The average Bonchev–Trinajstić information content (AvgIpc) is 3.19. The van der Waals surface area contributed by atoms with Crippen LogP contribution in [0.2, 0.25) is 5.02 Å². The molecule has 0 fully saturated rings. The number of rotatable bonds is 9. The first-order valence-corrected chi connectivity index (χ1v) is 14.3. The lowest BCUT2D eigenvalue weighted by Crippen LogP contribution is -2.39. The maximum absolute atomic E-state index is 13.6. The topological polar surface area (TPSA) is 93.0 Å². The number of hydrazone groups is 1. The van der Waals surface area contributed by atoms with Gasteiger partial charge >= 0.3 is 0 Å². The maximum atomic E-state index is 13.6. The van der Waals surface area contributed by atoms with Crippen LogP contribution in [0, 0.1) is 27.7 Å². The van der Waals surface area contributed by atoms with Crippen molar-refractivity contribution >= 4 is 39.4 Å². The number of hydrogen-bond donors (Lipinski definition) is 1. The Morgan fingerprint density at radius 3 is 2.33 bits per heavy atom. The van der Waals surface area contributed by atoms with Gasteiger partial charge in [-0.1, -0.05) is 35.9 Å². The molecular weight excluding hydrogens is 548 g/mol. The van der Waals surface area contributed by atoms with E-state index in [2.05, 4.69) is 47.1 Å². The molecule has 0 aliphatic rings. The minimum absolute atomic E-state index is 0.0205. The molecule has 4 aromatic rings. The summed E-state index contributed by atoms with van der Waals surface area (Å²) in [5.41, 5.74) is 8.77. The molecule has 0 saturated heterocycles. The van der Waals surface area contributed by atoms with Crippen LogP contribution in [0.5, 0.6) is 5.75 Å². The molecule has 1 N–H and O–H groups in total. The number of nitrogens with one attached hydrogen (secondary N) is 1. The second-order valence-electron chi connectivity index (χ2n) is 9.44. The number of anilines is 1. The highest BCUT2D eigenvalue weighted by molar-refractivity contribution is 7.92. The number of halogens is 1. The summed E-state index contributed by atoms with van der Waals surface area (Å²) in [6.07, 6.45) is 1.55. The van der Waals surface area contributed by atoms with Crippen LogP contribution in [0.4, 0.5) is 5.69 Å². The molecule has 0 unspecified atom stereocenters. The Bertz CT molecular complexity index is 1660. The number of aryl methyl sites for hydroxylation is 3. The minimum atomic E-state index is -4.14. The second-order valence-corrected chi connectivity index (χ2v) is 11.7. The van der Waals surface area contributed by atoms with Crippen molar-refractivity contribution in [1.82, 2.24) is 9.99 Å². The van der Waals surface area contributed by atoms with Crippen LogP contribution >= 0.6 is 11.6 Å². The summed E-state index contributed by atoms with van der Waals surface area (Å²) in [7, 11) is -2.73. The van der Waals surface area contributed by atoms with Gasteiger partial charge in [0.25, 0.3) is 15.9 Å². The Morgan fingerprint density at radius 1 is 1.00 bits per heavy atom. The number of carbonyl (C=O) groups excluding carboxylic acids is 1. The van der Waals surface area contributed by atoms with Gasteiger partial charge in [0.15, 0.2) is 0 Å². The highest BCUT2D eigenvalue weighted by Crippen LogP contribution is 2.34. The molecule has 0 aliphatic heterocycles. The van der Waals surface area contributed by atoms with Crippen molar-refractivity contribution in [3.05, 3.63) is 106 Å². The zero-order chi connectivity index (χ0) is 29.0. The summed E-state index contributed by atoms with van der Waals surface area (Å²) in [5, 5.41) is 4.42. The lowest BCUT2D eigenvalue weighted by atomic mass is 10.1. The molecule has 0 atom stereocenters. The largest absolute Gasteiger partial charge is 0.495 e. The third kappa shape index (κ3) is 6.21. The van der Waals surface area contributed by atoms with Gasteiger partial charge in [-0.15, -0.1) is 0 Å². The third-order valence-corrected chi connectivity index (χ3v) is 8.36. The van der Waals surface area contributed by atoms with E-state index in [4.69, 9.17) is 16.3 Å². The molecular formula is C30H31ClN4O4S. The molecule has 40 heavy (non-hydrogen) atoms. The number of ether oxygens (including phenoxy) is 1. The number of hydrogen-bond acceptors (Lipinski definition) is 5. The van der Waals surface area contributed by atoms with E-state index < -0.39 is 22.5 Å². The predicted molar refractivity (Wildman–Crippen MR) is 159 cm³/mol. The van der Waals surface area contributed by atoms with Crippen molar-refractivity contribution in [2.24, 2.45) is 5.10 Å². The Morgan fingerprint density at radius 2 is 1.68 bits per heavy atom. The fraction of sp³-hybridized carbons (Fsp3) is 0.200. The summed E-state index contributed by atoms with van der Waals surface area (Å²) < 4.78 is 35.7. The number of sulfonamides is 1. The maximum Gasteiger partial charge on any atom is 0.264 e. The summed E-state index contributed by atoms with van der Waals surface area (Å²) in [6.45, 7) is 7.55. The number of amides is 1. The molecule has 3 aromatic carbocycles. The summed E-state index contributed by atoms with van der Waals surface area (Å²) in [4.78, 5) is 13.0. The third-order valence-electron chi connectivity index (χ3n) is 6.36. The van der Waals surface area contributed by atoms with Crippen molar-refractivity contribution in [2.45, 2.75) is 32.6 Å². The SMILES string of the molecule is COc1ccc(Cl)cc1N(CC(=O)N/N=C\c1cc(C)n(-c2cc(C)cc(C)c2)c1C)S(=O)(=O)c1ccccc1. The van der Waals surface area contributed by atoms with Gasteiger partial charge in [0.2, 0.25) is 0 Å². The first kappa shape index (κ1) is 28.9. The first-order valence-electron chi connectivity index (χ1n) is 12.5. The average molecular weight is 579 g/mol.